The number of carboxylic acid groups (broad SMARTS) is 1. The zero-order chi connectivity index (χ0) is 40.9. The molecule has 17 unspecified atom stereocenters. The van der Waals surface area contributed by atoms with Crippen LogP contribution in [-0.2, 0) is 38.0 Å². The van der Waals surface area contributed by atoms with Crippen molar-refractivity contribution in [2.45, 2.75) is 209 Å². The largest absolute Gasteiger partial charge is 1.00 e. The Balaban J connectivity index is 0.00000567. The van der Waals surface area contributed by atoms with Crippen molar-refractivity contribution in [2.75, 3.05) is 6.61 Å². The number of aliphatic hydroxyl groups excluding tert-OH is 3. The second-order valence-electron chi connectivity index (χ2n) is 18.9. The number of rotatable bonds is 10. The number of aliphatic hydroxyl groups is 4. The van der Waals surface area contributed by atoms with Crippen LogP contribution in [0.2, 0.25) is 0 Å². The van der Waals surface area contributed by atoms with Gasteiger partial charge in [-0.05, 0) is 95.1 Å². The fourth-order valence-electron chi connectivity index (χ4n) is 10.5. The number of hydrogen-bond donors (Lipinski definition) is 4. The van der Waals surface area contributed by atoms with Crippen molar-refractivity contribution in [3.05, 3.63) is 36.0 Å². The standard InChI is InChI=1S/C44H68O13.K/c1-25-21-34(55-44(23-25)35(46)12-11-31(54-44)24-41(6,50)40(48)49)26(2)9-10-30-14-18-43(53-30)19-15-33-39(57-43)36(47)29(5)38(52-33)32(45)22-28(4)37-27(3)13-17-42(56-37)16-7-8-20-51-42;/h9-10,23,26-28,30-39,45-47,50H,5,7-8,11-22,24H2,1-4,6H3,(H,48,49);/q;+1/p-1/b10-9+;. The number of carbonyl (C=O) groups excluding carboxylic acids is 1. The third kappa shape index (κ3) is 10.1. The molecular formula is C44H67KO13. The van der Waals surface area contributed by atoms with E-state index < -0.39 is 71.7 Å². The molecule has 7 aliphatic heterocycles. The van der Waals surface area contributed by atoms with Crippen LogP contribution in [0.5, 0.6) is 0 Å². The van der Waals surface area contributed by atoms with Crippen molar-refractivity contribution in [1.82, 2.24) is 0 Å². The van der Waals surface area contributed by atoms with Gasteiger partial charge in [-0.2, -0.15) is 0 Å². The second-order valence-corrected chi connectivity index (χ2v) is 18.9. The molecule has 6 saturated heterocycles. The average Bonchev–Trinajstić information content (AvgIpc) is 3.56. The van der Waals surface area contributed by atoms with Gasteiger partial charge in [-0.1, -0.05) is 45.1 Å². The van der Waals surface area contributed by atoms with Crippen LogP contribution in [0.4, 0.5) is 0 Å². The SMILES string of the molecule is C=C1C(O)C2OC3(CCC(/C=C/C(C)C4CC(C)=CC5(OC(CC(C)(O)C(=O)[O-])CCC5O)O4)O3)CCC2OC1C(O)CC(C)C1OC2(CCCCO2)CCC1C.[K+]. The number of aliphatic carboxylic acids is 1. The van der Waals surface area contributed by atoms with Crippen LogP contribution in [0.3, 0.4) is 0 Å². The summed E-state index contributed by atoms with van der Waals surface area (Å²) in [7, 11) is 0. The number of fused-ring (bicyclic) bond motifs is 1. The van der Waals surface area contributed by atoms with Gasteiger partial charge in [-0.3, -0.25) is 0 Å². The first-order valence-corrected chi connectivity index (χ1v) is 21.6. The van der Waals surface area contributed by atoms with E-state index in [1.54, 1.807) is 6.08 Å². The molecule has 0 saturated carbocycles. The molecule has 7 rings (SSSR count). The van der Waals surface area contributed by atoms with E-state index in [1.165, 1.54) is 6.92 Å². The van der Waals surface area contributed by atoms with Gasteiger partial charge in [0.05, 0.1) is 49.2 Å². The third-order valence-corrected chi connectivity index (χ3v) is 14.0. The van der Waals surface area contributed by atoms with Crippen LogP contribution in [0, 0.1) is 17.8 Å². The summed E-state index contributed by atoms with van der Waals surface area (Å²) in [4.78, 5) is 11.5. The van der Waals surface area contributed by atoms with Crippen LogP contribution in [0.1, 0.15) is 125 Å². The zero-order valence-electron chi connectivity index (χ0n) is 35.5. The molecule has 0 amide bonds. The summed E-state index contributed by atoms with van der Waals surface area (Å²) in [6, 6.07) is 0. The molecule has 13 nitrogen and oxygen atoms in total. The van der Waals surface area contributed by atoms with Gasteiger partial charge < -0.3 is 63.5 Å². The van der Waals surface area contributed by atoms with Gasteiger partial charge in [-0.15, -0.1) is 0 Å². The van der Waals surface area contributed by atoms with E-state index in [2.05, 4.69) is 20.4 Å². The molecule has 322 valence electrons. The molecule has 0 radical (unpaired) electrons. The zero-order valence-corrected chi connectivity index (χ0v) is 38.6. The fraction of sp³-hybridized carbons (Fsp3) is 0.841. The molecule has 4 N–H and O–H groups in total. The molecule has 7 aliphatic rings. The maximum absolute atomic E-state index is 11.5. The van der Waals surface area contributed by atoms with Gasteiger partial charge in [-0.25, -0.2) is 0 Å². The summed E-state index contributed by atoms with van der Waals surface area (Å²) in [6.07, 6.45) is 9.10. The molecule has 14 heteroatoms. The van der Waals surface area contributed by atoms with Crippen LogP contribution >= 0.6 is 0 Å². The predicted molar refractivity (Wildman–Crippen MR) is 205 cm³/mol. The molecule has 0 aromatic carbocycles. The molecule has 6 fully saturated rings. The fourth-order valence-corrected chi connectivity index (χ4v) is 10.5. The molecule has 17 atom stereocenters. The minimum absolute atomic E-state index is 0. The van der Waals surface area contributed by atoms with Gasteiger partial charge in [0, 0.05) is 38.0 Å². The Morgan fingerprint density at radius 1 is 1.02 bits per heavy atom. The summed E-state index contributed by atoms with van der Waals surface area (Å²) < 4.78 is 45.2. The minimum atomic E-state index is -2.07. The molecule has 58 heavy (non-hydrogen) atoms. The van der Waals surface area contributed by atoms with E-state index >= 15 is 0 Å². The first kappa shape index (κ1) is 47.4. The van der Waals surface area contributed by atoms with Crippen molar-refractivity contribution in [3.8, 4) is 0 Å². The van der Waals surface area contributed by atoms with E-state index in [0.717, 1.165) is 50.7 Å². The van der Waals surface area contributed by atoms with E-state index in [9.17, 15) is 30.3 Å². The number of hydrogen-bond acceptors (Lipinski definition) is 13. The van der Waals surface area contributed by atoms with Crippen LogP contribution in [-0.4, -0.2) is 117 Å². The van der Waals surface area contributed by atoms with Crippen molar-refractivity contribution >= 4 is 5.97 Å². The van der Waals surface area contributed by atoms with Crippen LogP contribution < -0.4 is 56.5 Å². The quantitative estimate of drug-likeness (QED) is 0.180. The van der Waals surface area contributed by atoms with Crippen LogP contribution in [0.25, 0.3) is 0 Å². The number of carbonyl (C=O) groups is 1. The molecule has 0 aliphatic carbocycles. The topological polar surface area (TPSA) is 186 Å². The maximum atomic E-state index is 11.5. The Labute approximate surface area is 386 Å². The molecule has 0 bridgehead atoms. The summed E-state index contributed by atoms with van der Waals surface area (Å²) in [5.74, 6) is -4.11. The molecular weight excluding hydrogens is 776 g/mol. The predicted octanol–water partition coefficient (Wildman–Crippen LogP) is 0.883. The van der Waals surface area contributed by atoms with Gasteiger partial charge in [0.15, 0.2) is 11.6 Å². The van der Waals surface area contributed by atoms with Crippen molar-refractivity contribution < 1.29 is 115 Å². The summed E-state index contributed by atoms with van der Waals surface area (Å²) in [6.45, 7) is 14.4. The molecule has 7 heterocycles. The van der Waals surface area contributed by atoms with Gasteiger partial charge >= 0.3 is 51.4 Å². The Hall–Kier alpha value is -0.114. The first-order valence-electron chi connectivity index (χ1n) is 21.6. The van der Waals surface area contributed by atoms with Gasteiger partial charge in [0.1, 0.15) is 30.0 Å². The molecule has 0 aromatic rings. The normalized spacial score (nSPS) is 44.6. The van der Waals surface area contributed by atoms with Crippen LogP contribution in [0.15, 0.2) is 36.0 Å². The monoisotopic (exact) mass is 842 g/mol. The van der Waals surface area contributed by atoms with E-state index in [4.69, 9.17) is 33.2 Å². The third-order valence-electron chi connectivity index (χ3n) is 14.0. The Morgan fingerprint density at radius 2 is 1.76 bits per heavy atom. The van der Waals surface area contributed by atoms with Crippen molar-refractivity contribution in [1.29, 1.82) is 0 Å². The Morgan fingerprint density at radius 3 is 2.48 bits per heavy atom. The smallest absolute Gasteiger partial charge is 0.547 e. The average molecular weight is 843 g/mol. The summed E-state index contributed by atoms with van der Waals surface area (Å²) in [5, 5.41) is 56.0. The second kappa shape index (κ2) is 18.9. The minimum Gasteiger partial charge on any atom is -0.547 e. The molecule has 3 spiro atoms. The molecule has 0 aromatic heterocycles. The van der Waals surface area contributed by atoms with Crippen molar-refractivity contribution in [2.24, 2.45) is 17.8 Å². The Kier molecular flexibility index (Phi) is 15.5. The maximum Gasteiger partial charge on any atom is 1.00 e. The van der Waals surface area contributed by atoms with Gasteiger partial charge in [0.25, 0.3) is 0 Å². The van der Waals surface area contributed by atoms with Gasteiger partial charge in [0.2, 0.25) is 5.79 Å². The van der Waals surface area contributed by atoms with E-state index in [1.807, 2.05) is 26.0 Å². The number of carboxylic acids is 1. The number of ether oxygens (including phenoxy) is 7. The van der Waals surface area contributed by atoms with Crippen molar-refractivity contribution in [3.63, 3.8) is 0 Å². The van der Waals surface area contributed by atoms with E-state index in [0.29, 0.717) is 56.4 Å². The first-order chi connectivity index (χ1) is 26.9. The summed E-state index contributed by atoms with van der Waals surface area (Å²) >= 11 is 0. The van der Waals surface area contributed by atoms with E-state index in [-0.39, 0.29) is 88.0 Å². The Bertz CT molecular complexity index is 1510. The summed E-state index contributed by atoms with van der Waals surface area (Å²) in [5.41, 5.74) is -0.677.